The molecule has 2 rings (SSSR count). The molecule has 0 radical (unpaired) electrons. The number of benzene rings is 1. The number of hydroxylamine groups is 2. The molecular weight excluding hydrogens is 206 g/mol. The van der Waals surface area contributed by atoms with Gasteiger partial charge in [0.25, 0.3) is 5.91 Å². The summed E-state index contributed by atoms with van der Waals surface area (Å²) in [6.45, 7) is 1.80. The van der Waals surface area contributed by atoms with Gasteiger partial charge in [0.15, 0.2) is 5.78 Å². The van der Waals surface area contributed by atoms with Crippen LogP contribution in [0.5, 0.6) is 0 Å². The Balaban J connectivity index is 2.09. The van der Waals surface area contributed by atoms with E-state index in [0.29, 0.717) is 13.0 Å². The van der Waals surface area contributed by atoms with Gasteiger partial charge in [-0.1, -0.05) is 24.3 Å². The summed E-state index contributed by atoms with van der Waals surface area (Å²) in [5.41, 5.74) is 2.11. The Hall–Kier alpha value is -1.68. The summed E-state index contributed by atoms with van der Waals surface area (Å²) in [5, 5.41) is 1.27. The van der Waals surface area contributed by atoms with E-state index in [2.05, 4.69) is 0 Å². The van der Waals surface area contributed by atoms with Crippen LogP contribution in [-0.4, -0.2) is 23.4 Å². The van der Waals surface area contributed by atoms with Crippen LogP contribution in [0.15, 0.2) is 24.3 Å². The zero-order valence-corrected chi connectivity index (χ0v) is 9.10. The quantitative estimate of drug-likeness (QED) is 0.764. The largest absolute Gasteiger partial charge is 0.297 e. The van der Waals surface area contributed by atoms with Crippen molar-refractivity contribution in [2.45, 2.75) is 19.9 Å². The summed E-state index contributed by atoms with van der Waals surface area (Å²) in [7, 11) is 0. The maximum atomic E-state index is 11.7. The molecule has 0 atom stereocenters. The summed E-state index contributed by atoms with van der Waals surface area (Å²) in [5.74, 6) is -0.188. The Kier molecular flexibility index (Phi) is 3.01. The third-order valence-electron chi connectivity index (χ3n) is 2.48. The fraction of sp³-hybridized carbons (Fsp3) is 0.333. The minimum atomic E-state index is -0.0973. The van der Waals surface area contributed by atoms with Crippen LogP contribution >= 0.6 is 0 Å². The van der Waals surface area contributed by atoms with E-state index in [1.54, 1.807) is 0 Å². The van der Waals surface area contributed by atoms with Crippen LogP contribution in [0, 0.1) is 0 Å². The van der Waals surface area contributed by atoms with Gasteiger partial charge in [-0.05, 0) is 18.1 Å². The number of hydrogen-bond acceptors (Lipinski definition) is 3. The first-order chi connectivity index (χ1) is 7.66. The molecule has 1 amide bonds. The molecule has 0 aliphatic carbocycles. The zero-order valence-electron chi connectivity index (χ0n) is 9.10. The molecule has 1 aliphatic heterocycles. The van der Waals surface area contributed by atoms with Gasteiger partial charge < -0.3 is 0 Å². The molecule has 0 saturated heterocycles. The van der Waals surface area contributed by atoms with E-state index in [4.69, 9.17) is 4.84 Å². The van der Waals surface area contributed by atoms with Gasteiger partial charge in [-0.25, -0.2) is 5.06 Å². The van der Waals surface area contributed by atoms with Crippen molar-refractivity contribution in [3.05, 3.63) is 35.4 Å². The fourth-order valence-electron chi connectivity index (χ4n) is 1.66. The highest BCUT2D eigenvalue weighted by molar-refractivity contribution is 5.80. The smallest absolute Gasteiger partial charge is 0.250 e. The summed E-state index contributed by atoms with van der Waals surface area (Å²) in [4.78, 5) is 27.6. The number of carbonyl (C=O) groups is 2. The van der Waals surface area contributed by atoms with Crippen molar-refractivity contribution in [1.29, 1.82) is 0 Å². The average molecular weight is 219 g/mol. The summed E-state index contributed by atoms with van der Waals surface area (Å²) in [6.07, 6.45) is 0.341. The van der Waals surface area contributed by atoms with E-state index in [0.717, 1.165) is 11.1 Å². The number of amides is 1. The van der Waals surface area contributed by atoms with Crippen molar-refractivity contribution in [1.82, 2.24) is 5.06 Å². The van der Waals surface area contributed by atoms with Crippen molar-refractivity contribution in [3.8, 4) is 0 Å². The molecule has 1 aliphatic rings. The van der Waals surface area contributed by atoms with Gasteiger partial charge in [0.1, 0.15) is 6.61 Å². The molecule has 0 fully saturated rings. The second kappa shape index (κ2) is 4.45. The monoisotopic (exact) mass is 219 g/mol. The first kappa shape index (κ1) is 10.8. The molecule has 0 bridgehead atoms. The molecular formula is C12H13NO3. The van der Waals surface area contributed by atoms with E-state index < -0.39 is 0 Å². The van der Waals surface area contributed by atoms with E-state index in [9.17, 15) is 9.59 Å². The Morgan fingerprint density at radius 1 is 1.38 bits per heavy atom. The van der Waals surface area contributed by atoms with Crippen molar-refractivity contribution >= 4 is 11.7 Å². The Bertz CT molecular complexity index is 428. The third-order valence-corrected chi connectivity index (χ3v) is 2.48. The lowest BCUT2D eigenvalue weighted by Crippen LogP contribution is -2.37. The van der Waals surface area contributed by atoms with Gasteiger partial charge in [-0.3, -0.25) is 14.4 Å². The summed E-state index contributed by atoms with van der Waals surface area (Å²) >= 11 is 0. The van der Waals surface area contributed by atoms with E-state index in [1.165, 1.54) is 12.0 Å². The van der Waals surface area contributed by atoms with E-state index in [-0.39, 0.29) is 18.3 Å². The molecule has 1 heterocycles. The topological polar surface area (TPSA) is 46.6 Å². The maximum absolute atomic E-state index is 11.7. The minimum Gasteiger partial charge on any atom is -0.297 e. The first-order valence-electron chi connectivity index (χ1n) is 5.16. The lowest BCUT2D eigenvalue weighted by Gasteiger charge is -2.27. The van der Waals surface area contributed by atoms with Crippen LogP contribution in [0.25, 0.3) is 0 Å². The molecule has 16 heavy (non-hydrogen) atoms. The van der Waals surface area contributed by atoms with Crippen LogP contribution < -0.4 is 0 Å². The van der Waals surface area contributed by atoms with Gasteiger partial charge in [0.05, 0.1) is 13.0 Å². The SMILES string of the molecule is CC(=O)CON1Cc2ccccc2CC1=O. The molecule has 1 aromatic carbocycles. The highest BCUT2D eigenvalue weighted by Gasteiger charge is 2.23. The lowest BCUT2D eigenvalue weighted by molar-refractivity contribution is -0.192. The number of ketones is 1. The number of hydrogen-bond donors (Lipinski definition) is 0. The van der Waals surface area contributed by atoms with Crippen molar-refractivity contribution < 1.29 is 14.4 Å². The number of Topliss-reactive ketones (excluding diaryl/α,β-unsaturated/α-hetero) is 1. The maximum Gasteiger partial charge on any atom is 0.250 e. The number of rotatable bonds is 3. The number of carbonyl (C=O) groups excluding carboxylic acids is 2. The third kappa shape index (κ3) is 2.28. The van der Waals surface area contributed by atoms with Crippen molar-refractivity contribution in [3.63, 3.8) is 0 Å². The summed E-state index contributed by atoms with van der Waals surface area (Å²) in [6, 6.07) is 7.75. The molecule has 0 aromatic heterocycles. The van der Waals surface area contributed by atoms with Crippen molar-refractivity contribution in [2.75, 3.05) is 6.61 Å². The van der Waals surface area contributed by atoms with Crippen LogP contribution in [0.1, 0.15) is 18.1 Å². The molecule has 84 valence electrons. The van der Waals surface area contributed by atoms with Gasteiger partial charge in [0, 0.05) is 0 Å². The molecule has 0 N–H and O–H groups in total. The molecule has 0 unspecified atom stereocenters. The molecule has 0 spiro atoms. The van der Waals surface area contributed by atoms with E-state index >= 15 is 0 Å². The van der Waals surface area contributed by atoms with Crippen molar-refractivity contribution in [2.24, 2.45) is 0 Å². The van der Waals surface area contributed by atoms with Crippen LogP contribution in [0.4, 0.5) is 0 Å². The Morgan fingerprint density at radius 3 is 2.75 bits per heavy atom. The van der Waals surface area contributed by atoms with Crippen LogP contribution in [0.2, 0.25) is 0 Å². The number of fused-ring (bicyclic) bond motifs is 1. The number of nitrogens with zero attached hydrogens (tertiary/aromatic N) is 1. The molecule has 4 nitrogen and oxygen atoms in total. The Labute approximate surface area is 93.8 Å². The first-order valence-corrected chi connectivity index (χ1v) is 5.16. The standard InChI is InChI=1S/C12H13NO3/c1-9(14)8-16-13-7-11-5-3-2-4-10(11)6-12(13)15/h2-5H,6-8H2,1H3. The van der Waals surface area contributed by atoms with E-state index in [1.807, 2.05) is 24.3 Å². The van der Waals surface area contributed by atoms with Gasteiger partial charge in [0.2, 0.25) is 0 Å². The fourth-order valence-corrected chi connectivity index (χ4v) is 1.66. The summed E-state index contributed by atoms with van der Waals surface area (Å²) < 4.78 is 0. The molecule has 1 aromatic rings. The lowest BCUT2D eigenvalue weighted by atomic mass is 10.0. The minimum absolute atomic E-state index is 0.0477. The predicted octanol–water partition coefficient (Wildman–Crippen LogP) is 1.09. The van der Waals surface area contributed by atoms with Crippen LogP contribution in [-0.2, 0) is 27.4 Å². The zero-order chi connectivity index (χ0) is 11.5. The second-order valence-electron chi connectivity index (χ2n) is 3.85. The molecule has 4 heteroatoms. The Morgan fingerprint density at radius 2 is 2.06 bits per heavy atom. The van der Waals surface area contributed by atoms with Gasteiger partial charge >= 0.3 is 0 Å². The second-order valence-corrected chi connectivity index (χ2v) is 3.85. The van der Waals surface area contributed by atoms with Gasteiger partial charge in [-0.15, -0.1) is 0 Å². The average Bonchev–Trinajstić information content (AvgIpc) is 2.26. The van der Waals surface area contributed by atoms with Crippen LogP contribution in [0.3, 0.4) is 0 Å². The van der Waals surface area contributed by atoms with Gasteiger partial charge in [-0.2, -0.15) is 0 Å². The predicted molar refractivity (Wildman–Crippen MR) is 57.3 cm³/mol. The molecule has 0 saturated carbocycles. The highest BCUT2D eigenvalue weighted by Crippen LogP contribution is 2.19. The highest BCUT2D eigenvalue weighted by atomic mass is 16.7. The normalized spacial score (nSPS) is 14.8.